The summed E-state index contributed by atoms with van der Waals surface area (Å²) in [7, 11) is 0. The minimum atomic E-state index is 0. The predicted octanol–water partition coefficient (Wildman–Crippen LogP) is 4.64. The maximum Gasteiger partial charge on any atom is 0 e. The van der Waals surface area contributed by atoms with Gasteiger partial charge in [0.2, 0.25) is 0 Å². The zero-order valence-corrected chi connectivity index (χ0v) is 9.03. The molecule has 0 spiro atoms. The minimum absolute atomic E-state index is 0. The molecule has 0 aliphatic heterocycles. The van der Waals surface area contributed by atoms with E-state index < -0.39 is 0 Å². The molecule has 12 heavy (non-hydrogen) atoms. The number of hydrogen-bond donors (Lipinski definition) is 0. The molecular formula is C12H26. The second-order valence-electron chi connectivity index (χ2n) is 5.10. The zero-order valence-electron chi connectivity index (χ0n) is 9.03. The molecule has 0 bridgehead atoms. The van der Waals surface area contributed by atoms with Gasteiger partial charge in [0.15, 0.2) is 0 Å². The first-order valence-electron chi connectivity index (χ1n) is 5.66. The molecule has 0 radical (unpaired) electrons. The highest BCUT2D eigenvalue weighted by Gasteiger charge is 2.28. The number of hydrogen-bond acceptors (Lipinski definition) is 0. The van der Waals surface area contributed by atoms with Crippen LogP contribution in [0.3, 0.4) is 0 Å². The van der Waals surface area contributed by atoms with E-state index >= 15 is 0 Å². The van der Waals surface area contributed by atoms with E-state index in [1.54, 1.807) is 0 Å². The molecule has 0 nitrogen and oxygen atoms in total. The molecule has 0 unspecified atom stereocenters. The molecule has 0 N–H and O–H groups in total. The first-order valence-corrected chi connectivity index (χ1v) is 5.66. The molecule has 1 rings (SSSR count). The largest absolute Gasteiger partial charge is 0.0654 e. The van der Waals surface area contributed by atoms with Crippen LogP contribution in [0.4, 0.5) is 0 Å². The highest BCUT2D eigenvalue weighted by Crippen LogP contribution is 2.41. The van der Waals surface area contributed by atoms with Gasteiger partial charge in [-0.2, -0.15) is 0 Å². The van der Waals surface area contributed by atoms with E-state index in [-0.39, 0.29) is 1.43 Å². The van der Waals surface area contributed by atoms with Crippen LogP contribution >= 0.6 is 0 Å². The van der Waals surface area contributed by atoms with Gasteiger partial charge in [0.05, 0.1) is 0 Å². The Bertz CT molecular complexity index is 118. The fraction of sp³-hybridized carbons (Fsp3) is 1.00. The van der Waals surface area contributed by atoms with Crippen molar-refractivity contribution in [2.24, 2.45) is 11.3 Å². The van der Waals surface area contributed by atoms with E-state index in [0.29, 0.717) is 5.41 Å². The van der Waals surface area contributed by atoms with Gasteiger partial charge in [0.25, 0.3) is 0 Å². The molecule has 0 aromatic rings. The molecule has 1 fully saturated rings. The van der Waals surface area contributed by atoms with E-state index in [9.17, 15) is 0 Å². The molecular weight excluding hydrogens is 144 g/mol. The van der Waals surface area contributed by atoms with Gasteiger partial charge in [-0.25, -0.2) is 0 Å². The molecule has 74 valence electrons. The van der Waals surface area contributed by atoms with Crippen molar-refractivity contribution in [3.63, 3.8) is 0 Å². The smallest absolute Gasteiger partial charge is 0 e. The standard InChI is InChI=1S/C12H24.H2/c1-4-5-8-12(3)9-6-11(2)7-10-12;/h11H,4-10H2,1-3H3;1H. The van der Waals surface area contributed by atoms with Crippen molar-refractivity contribution >= 4 is 0 Å². The molecule has 0 aromatic heterocycles. The second-order valence-corrected chi connectivity index (χ2v) is 5.10. The van der Waals surface area contributed by atoms with Gasteiger partial charge in [-0.1, -0.05) is 46.5 Å². The molecule has 0 aromatic carbocycles. The first-order chi connectivity index (χ1) is 5.66. The van der Waals surface area contributed by atoms with Gasteiger partial charge in [-0.3, -0.25) is 0 Å². The lowest BCUT2D eigenvalue weighted by molar-refractivity contribution is 0.161. The van der Waals surface area contributed by atoms with Crippen molar-refractivity contribution in [3.05, 3.63) is 0 Å². The molecule has 0 heteroatoms. The molecule has 1 aliphatic carbocycles. The second kappa shape index (κ2) is 4.30. The van der Waals surface area contributed by atoms with Gasteiger partial charge >= 0.3 is 0 Å². The summed E-state index contributed by atoms with van der Waals surface area (Å²) < 4.78 is 0. The highest BCUT2D eigenvalue weighted by atomic mass is 14.3. The average Bonchev–Trinajstić information content (AvgIpc) is 2.08. The number of rotatable bonds is 3. The van der Waals surface area contributed by atoms with Crippen LogP contribution in [0.5, 0.6) is 0 Å². The van der Waals surface area contributed by atoms with Gasteiger partial charge in [0, 0.05) is 1.43 Å². The van der Waals surface area contributed by atoms with Crippen LogP contribution in [0.2, 0.25) is 0 Å². The summed E-state index contributed by atoms with van der Waals surface area (Å²) >= 11 is 0. The minimum Gasteiger partial charge on any atom is -0.0654 e. The third-order valence-corrected chi connectivity index (χ3v) is 3.62. The summed E-state index contributed by atoms with van der Waals surface area (Å²) in [4.78, 5) is 0. The normalized spacial score (nSPS) is 36.8. The quantitative estimate of drug-likeness (QED) is 0.579. The Labute approximate surface area is 79.2 Å². The van der Waals surface area contributed by atoms with Crippen LogP contribution in [-0.4, -0.2) is 0 Å². The lowest BCUT2D eigenvalue weighted by Gasteiger charge is -2.36. The Hall–Kier alpha value is 0. The lowest BCUT2D eigenvalue weighted by atomic mass is 9.70. The van der Waals surface area contributed by atoms with Crippen LogP contribution in [0, 0.1) is 11.3 Å². The van der Waals surface area contributed by atoms with E-state index in [1.165, 1.54) is 44.9 Å². The van der Waals surface area contributed by atoms with Gasteiger partial charge in [-0.05, 0) is 30.6 Å². The van der Waals surface area contributed by atoms with Crippen molar-refractivity contribution < 1.29 is 1.43 Å². The third-order valence-electron chi connectivity index (χ3n) is 3.62. The summed E-state index contributed by atoms with van der Waals surface area (Å²) in [6, 6.07) is 0. The summed E-state index contributed by atoms with van der Waals surface area (Å²) in [6.07, 6.45) is 10.2. The summed E-state index contributed by atoms with van der Waals surface area (Å²) in [6.45, 7) is 7.20. The van der Waals surface area contributed by atoms with Gasteiger partial charge in [0.1, 0.15) is 0 Å². The summed E-state index contributed by atoms with van der Waals surface area (Å²) in [5.41, 5.74) is 0.711. The van der Waals surface area contributed by atoms with Crippen LogP contribution in [-0.2, 0) is 0 Å². The van der Waals surface area contributed by atoms with Crippen LogP contribution < -0.4 is 0 Å². The molecule has 0 saturated heterocycles. The molecule has 1 aliphatic rings. The molecule has 1 saturated carbocycles. The van der Waals surface area contributed by atoms with Gasteiger partial charge < -0.3 is 0 Å². The predicted molar refractivity (Wildman–Crippen MR) is 57.4 cm³/mol. The Kier molecular flexibility index (Phi) is 3.61. The monoisotopic (exact) mass is 170 g/mol. The topological polar surface area (TPSA) is 0 Å². The molecule has 0 amide bonds. The van der Waals surface area contributed by atoms with Crippen LogP contribution in [0.1, 0.15) is 67.1 Å². The van der Waals surface area contributed by atoms with Crippen molar-refractivity contribution in [2.75, 3.05) is 0 Å². The summed E-state index contributed by atoms with van der Waals surface area (Å²) in [5.74, 6) is 1.000. The van der Waals surface area contributed by atoms with Crippen molar-refractivity contribution in [3.8, 4) is 0 Å². The van der Waals surface area contributed by atoms with Crippen molar-refractivity contribution in [1.29, 1.82) is 0 Å². The Morgan fingerprint density at radius 2 is 1.92 bits per heavy atom. The van der Waals surface area contributed by atoms with Crippen molar-refractivity contribution in [2.45, 2.75) is 65.7 Å². The SMILES string of the molecule is CCCCC1(C)CCC(C)CC1.[HH]. The average molecular weight is 170 g/mol. The maximum absolute atomic E-state index is 2.49. The highest BCUT2D eigenvalue weighted by molar-refractivity contribution is 4.80. The lowest BCUT2D eigenvalue weighted by Crippen LogP contribution is -2.23. The molecule has 0 atom stereocenters. The van der Waals surface area contributed by atoms with Crippen molar-refractivity contribution in [1.82, 2.24) is 0 Å². The van der Waals surface area contributed by atoms with E-state index in [1.807, 2.05) is 0 Å². The zero-order chi connectivity index (χ0) is 9.03. The van der Waals surface area contributed by atoms with E-state index in [2.05, 4.69) is 20.8 Å². The maximum atomic E-state index is 2.49. The Morgan fingerprint density at radius 1 is 1.33 bits per heavy atom. The van der Waals surface area contributed by atoms with Crippen LogP contribution in [0.25, 0.3) is 0 Å². The fourth-order valence-electron chi connectivity index (χ4n) is 2.31. The Morgan fingerprint density at radius 3 is 2.42 bits per heavy atom. The summed E-state index contributed by atoms with van der Waals surface area (Å²) in [5, 5.41) is 0. The van der Waals surface area contributed by atoms with Gasteiger partial charge in [-0.15, -0.1) is 0 Å². The first kappa shape index (κ1) is 10.1. The fourth-order valence-corrected chi connectivity index (χ4v) is 2.31. The van der Waals surface area contributed by atoms with E-state index in [4.69, 9.17) is 0 Å². The third kappa shape index (κ3) is 2.80. The van der Waals surface area contributed by atoms with Crippen LogP contribution in [0.15, 0.2) is 0 Å². The Balaban J connectivity index is 0.00000144. The molecule has 0 heterocycles. The number of unbranched alkanes of at least 4 members (excludes halogenated alkanes) is 1. The van der Waals surface area contributed by atoms with E-state index in [0.717, 1.165) is 5.92 Å².